The zero-order chi connectivity index (χ0) is 10.4. The fourth-order valence-corrected chi connectivity index (χ4v) is 1.73. The zero-order valence-corrected chi connectivity index (χ0v) is 8.87. The summed E-state index contributed by atoms with van der Waals surface area (Å²) in [6, 6.07) is 0. The predicted octanol–water partition coefficient (Wildman–Crippen LogP) is 0.220. The van der Waals surface area contributed by atoms with Crippen LogP contribution in [0.1, 0.15) is 19.8 Å². The van der Waals surface area contributed by atoms with Gasteiger partial charge in [0.1, 0.15) is 6.61 Å². The lowest BCUT2D eigenvalue weighted by Gasteiger charge is -2.15. The molecule has 1 atom stereocenters. The number of nitrogens with two attached hydrogens (primary N) is 1. The van der Waals surface area contributed by atoms with E-state index in [2.05, 4.69) is 6.92 Å². The minimum absolute atomic E-state index is 0.106. The molecule has 0 saturated carbocycles. The van der Waals surface area contributed by atoms with Crippen molar-refractivity contribution in [3.05, 3.63) is 0 Å². The van der Waals surface area contributed by atoms with E-state index in [0.717, 1.165) is 25.9 Å². The first kappa shape index (κ1) is 11.5. The maximum absolute atomic E-state index is 11.5. The maximum Gasteiger partial charge on any atom is 0.248 e. The van der Waals surface area contributed by atoms with Gasteiger partial charge in [0.15, 0.2) is 0 Å². The lowest BCUT2D eigenvalue weighted by Crippen LogP contribution is -2.32. The highest BCUT2D eigenvalue weighted by molar-refractivity contribution is 5.77. The smallest absolute Gasteiger partial charge is 0.248 e. The molecular formula is C10H20N2O2. The van der Waals surface area contributed by atoms with Crippen LogP contribution >= 0.6 is 0 Å². The van der Waals surface area contributed by atoms with Gasteiger partial charge in [0, 0.05) is 19.6 Å². The number of nitrogens with zero attached hydrogens (tertiary/aromatic N) is 1. The molecule has 14 heavy (non-hydrogen) atoms. The van der Waals surface area contributed by atoms with Crippen LogP contribution < -0.4 is 5.73 Å². The minimum atomic E-state index is 0.106. The minimum Gasteiger partial charge on any atom is -0.370 e. The highest BCUT2D eigenvalue weighted by Gasteiger charge is 2.24. The molecule has 0 radical (unpaired) electrons. The Morgan fingerprint density at radius 3 is 3.00 bits per heavy atom. The number of carbonyl (C=O) groups is 1. The largest absolute Gasteiger partial charge is 0.370 e. The summed E-state index contributed by atoms with van der Waals surface area (Å²) < 4.78 is 5.11. The lowest BCUT2D eigenvalue weighted by atomic mass is 10.1. The molecule has 1 aliphatic rings. The van der Waals surface area contributed by atoms with E-state index in [9.17, 15) is 4.79 Å². The van der Waals surface area contributed by atoms with Crippen molar-refractivity contribution in [1.29, 1.82) is 0 Å². The average Bonchev–Trinajstić information content (AvgIpc) is 2.66. The Kier molecular flexibility index (Phi) is 4.90. The van der Waals surface area contributed by atoms with Crippen molar-refractivity contribution >= 4 is 5.91 Å². The fourth-order valence-electron chi connectivity index (χ4n) is 1.73. The molecule has 82 valence electrons. The molecule has 1 aliphatic heterocycles. The van der Waals surface area contributed by atoms with Gasteiger partial charge < -0.3 is 15.4 Å². The van der Waals surface area contributed by atoms with Crippen molar-refractivity contribution in [2.45, 2.75) is 19.8 Å². The molecule has 0 aromatic carbocycles. The quantitative estimate of drug-likeness (QED) is 0.646. The second-order valence-corrected chi connectivity index (χ2v) is 3.74. The van der Waals surface area contributed by atoms with Crippen molar-refractivity contribution in [2.24, 2.45) is 11.7 Å². The van der Waals surface area contributed by atoms with Gasteiger partial charge in [0.25, 0.3) is 0 Å². The fraction of sp³-hybridized carbons (Fsp3) is 0.900. The summed E-state index contributed by atoms with van der Waals surface area (Å²) >= 11 is 0. The molecule has 0 aromatic rings. The highest BCUT2D eigenvalue weighted by atomic mass is 16.5. The number of rotatable bonds is 5. The van der Waals surface area contributed by atoms with Crippen LogP contribution in [-0.4, -0.2) is 43.7 Å². The predicted molar refractivity (Wildman–Crippen MR) is 54.9 cm³/mol. The first-order chi connectivity index (χ1) is 6.77. The molecule has 1 fully saturated rings. The molecule has 0 aromatic heterocycles. The summed E-state index contributed by atoms with van der Waals surface area (Å²) in [7, 11) is 0. The Morgan fingerprint density at radius 2 is 2.43 bits per heavy atom. The van der Waals surface area contributed by atoms with Gasteiger partial charge in [-0.25, -0.2) is 0 Å². The van der Waals surface area contributed by atoms with Crippen LogP contribution in [-0.2, 0) is 9.53 Å². The third kappa shape index (κ3) is 3.27. The molecule has 1 saturated heterocycles. The third-order valence-electron chi connectivity index (χ3n) is 2.70. The van der Waals surface area contributed by atoms with E-state index >= 15 is 0 Å². The van der Waals surface area contributed by atoms with Crippen LogP contribution in [0.5, 0.6) is 0 Å². The molecule has 4 nitrogen and oxygen atoms in total. The van der Waals surface area contributed by atoms with E-state index in [-0.39, 0.29) is 12.5 Å². The Morgan fingerprint density at radius 1 is 1.64 bits per heavy atom. The standard InChI is InChI=1S/C10H20N2O2/c1-2-9-3-5-12(7-9)10(13)8-14-6-4-11/h9H,2-8,11H2,1H3. The van der Waals surface area contributed by atoms with E-state index in [1.54, 1.807) is 0 Å². The molecule has 1 amide bonds. The monoisotopic (exact) mass is 200 g/mol. The van der Waals surface area contributed by atoms with Crippen LogP contribution in [0.2, 0.25) is 0 Å². The zero-order valence-electron chi connectivity index (χ0n) is 8.87. The van der Waals surface area contributed by atoms with Crippen molar-refractivity contribution in [3.8, 4) is 0 Å². The number of likely N-dealkylation sites (tertiary alicyclic amines) is 1. The Bertz CT molecular complexity index is 185. The van der Waals surface area contributed by atoms with Crippen molar-refractivity contribution < 1.29 is 9.53 Å². The van der Waals surface area contributed by atoms with Crippen LogP contribution in [0.4, 0.5) is 0 Å². The van der Waals surface area contributed by atoms with Gasteiger partial charge in [-0.2, -0.15) is 0 Å². The van der Waals surface area contributed by atoms with E-state index in [4.69, 9.17) is 10.5 Å². The molecule has 2 N–H and O–H groups in total. The number of ether oxygens (including phenoxy) is 1. The normalized spacial score (nSPS) is 21.6. The van der Waals surface area contributed by atoms with Gasteiger partial charge in [-0.05, 0) is 12.3 Å². The summed E-state index contributed by atoms with van der Waals surface area (Å²) in [4.78, 5) is 13.4. The Balaban J connectivity index is 2.18. The van der Waals surface area contributed by atoms with Crippen LogP contribution in [0.25, 0.3) is 0 Å². The van der Waals surface area contributed by atoms with Crippen LogP contribution in [0.15, 0.2) is 0 Å². The van der Waals surface area contributed by atoms with Gasteiger partial charge in [-0.15, -0.1) is 0 Å². The SMILES string of the molecule is CCC1CCN(C(=O)COCCN)C1. The summed E-state index contributed by atoms with van der Waals surface area (Å²) in [6.07, 6.45) is 2.30. The molecule has 0 aliphatic carbocycles. The molecule has 1 heterocycles. The Hall–Kier alpha value is -0.610. The first-order valence-electron chi connectivity index (χ1n) is 5.33. The van der Waals surface area contributed by atoms with Crippen molar-refractivity contribution in [2.75, 3.05) is 32.8 Å². The molecular weight excluding hydrogens is 180 g/mol. The van der Waals surface area contributed by atoms with Gasteiger partial charge in [-0.3, -0.25) is 4.79 Å². The number of hydrogen-bond acceptors (Lipinski definition) is 3. The summed E-state index contributed by atoms with van der Waals surface area (Å²) in [5.41, 5.74) is 5.26. The molecule has 0 spiro atoms. The summed E-state index contributed by atoms with van der Waals surface area (Å²) in [6.45, 7) is 5.10. The average molecular weight is 200 g/mol. The number of carbonyl (C=O) groups excluding carboxylic acids is 1. The van der Waals surface area contributed by atoms with Gasteiger partial charge in [-0.1, -0.05) is 13.3 Å². The summed E-state index contributed by atoms with van der Waals surface area (Å²) in [5.74, 6) is 0.794. The number of hydrogen-bond donors (Lipinski definition) is 1. The van der Waals surface area contributed by atoms with Crippen molar-refractivity contribution in [3.63, 3.8) is 0 Å². The topological polar surface area (TPSA) is 55.6 Å². The Labute approximate surface area is 85.4 Å². The molecule has 0 bridgehead atoms. The van der Waals surface area contributed by atoms with E-state index < -0.39 is 0 Å². The summed E-state index contributed by atoms with van der Waals surface area (Å²) in [5, 5.41) is 0. The third-order valence-corrected chi connectivity index (χ3v) is 2.70. The maximum atomic E-state index is 11.5. The second-order valence-electron chi connectivity index (χ2n) is 3.74. The first-order valence-corrected chi connectivity index (χ1v) is 5.33. The van der Waals surface area contributed by atoms with Gasteiger partial charge in [0.05, 0.1) is 6.61 Å². The van der Waals surface area contributed by atoms with E-state index in [1.165, 1.54) is 0 Å². The van der Waals surface area contributed by atoms with Crippen LogP contribution in [0.3, 0.4) is 0 Å². The van der Waals surface area contributed by atoms with Crippen molar-refractivity contribution in [1.82, 2.24) is 4.90 Å². The number of amides is 1. The van der Waals surface area contributed by atoms with Gasteiger partial charge >= 0.3 is 0 Å². The molecule has 4 heteroatoms. The molecule has 1 rings (SSSR count). The van der Waals surface area contributed by atoms with E-state index in [0.29, 0.717) is 19.1 Å². The van der Waals surface area contributed by atoms with Crippen LogP contribution in [0, 0.1) is 5.92 Å². The van der Waals surface area contributed by atoms with E-state index in [1.807, 2.05) is 4.90 Å². The second kappa shape index (κ2) is 5.98. The lowest BCUT2D eigenvalue weighted by molar-refractivity contribution is -0.135. The van der Waals surface area contributed by atoms with Gasteiger partial charge in [0.2, 0.25) is 5.91 Å². The highest BCUT2D eigenvalue weighted by Crippen LogP contribution is 2.18. The molecule has 1 unspecified atom stereocenters.